The number of rotatable bonds is 1. The highest BCUT2D eigenvalue weighted by Gasteiger charge is 2.39. The van der Waals surface area contributed by atoms with E-state index in [0.717, 1.165) is 0 Å². The minimum Gasteiger partial charge on any atom is -0.504 e. The van der Waals surface area contributed by atoms with E-state index in [4.69, 9.17) is 4.74 Å². The molecule has 1 heterocycles. The minimum atomic E-state index is -1.36. The van der Waals surface area contributed by atoms with Crippen LogP contribution in [0, 0.1) is 0 Å². The summed E-state index contributed by atoms with van der Waals surface area (Å²) in [4.78, 5) is 0. The fraction of sp³-hybridized carbons (Fsp3) is 0.200. The number of phenolic OH excluding ortho intramolecular Hbond substituents is 4. The molecular formula is C15H14O7. The summed E-state index contributed by atoms with van der Waals surface area (Å²) in [5.41, 5.74) is 0.428. The number of aliphatic hydroxyl groups is 2. The summed E-state index contributed by atoms with van der Waals surface area (Å²) < 4.78 is 5.49. The number of hydrogen-bond acceptors (Lipinski definition) is 7. The van der Waals surface area contributed by atoms with E-state index in [1.165, 1.54) is 30.3 Å². The fourth-order valence-corrected chi connectivity index (χ4v) is 2.46. The van der Waals surface area contributed by atoms with Crippen molar-refractivity contribution in [2.75, 3.05) is 0 Å². The molecular weight excluding hydrogens is 292 g/mol. The molecule has 7 heteroatoms. The van der Waals surface area contributed by atoms with E-state index in [1.54, 1.807) is 0 Å². The predicted molar refractivity (Wildman–Crippen MR) is 73.9 cm³/mol. The molecule has 0 aliphatic carbocycles. The van der Waals surface area contributed by atoms with Gasteiger partial charge >= 0.3 is 0 Å². The molecule has 0 saturated heterocycles. The number of aromatic hydroxyl groups is 4. The van der Waals surface area contributed by atoms with Gasteiger partial charge in [0.1, 0.15) is 12.2 Å². The van der Waals surface area contributed by atoms with Gasteiger partial charge in [0.15, 0.2) is 29.1 Å². The van der Waals surface area contributed by atoms with Crippen LogP contribution in [-0.4, -0.2) is 36.7 Å². The molecule has 1 aliphatic rings. The Morgan fingerprint density at radius 2 is 1.50 bits per heavy atom. The van der Waals surface area contributed by atoms with Crippen LogP contribution in [0.4, 0.5) is 0 Å². The van der Waals surface area contributed by atoms with Gasteiger partial charge in [0.05, 0.1) is 0 Å². The van der Waals surface area contributed by atoms with Crippen molar-refractivity contribution in [3.63, 3.8) is 0 Å². The monoisotopic (exact) mass is 306 g/mol. The first-order chi connectivity index (χ1) is 10.4. The molecule has 3 unspecified atom stereocenters. The van der Waals surface area contributed by atoms with E-state index in [-0.39, 0.29) is 22.6 Å². The van der Waals surface area contributed by atoms with Gasteiger partial charge in [-0.25, -0.2) is 0 Å². The Bertz CT molecular complexity index is 728. The Morgan fingerprint density at radius 3 is 2.18 bits per heavy atom. The Hall–Kier alpha value is -2.64. The van der Waals surface area contributed by atoms with Crippen LogP contribution in [0.3, 0.4) is 0 Å². The van der Waals surface area contributed by atoms with E-state index in [0.29, 0.717) is 0 Å². The van der Waals surface area contributed by atoms with Crippen LogP contribution in [0.2, 0.25) is 0 Å². The van der Waals surface area contributed by atoms with Gasteiger partial charge < -0.3 is 35.4 Å². The van der Waals surface area contributed by atoms with Crippen LogP contribution in [0.1, 0.15) is 23.3 Å². The molecule has 0 spiro atoms. The van der Waals surface area contributed by atoms with Crippen LogP contribution >= 0.6 is 0 Å². The van der Waals surface area contributed by atoms with Crippen molar-refractivity contribution in [3.05, 3.63) is 41.5 Å². The summed E-state index contributed by atoms with van der Waals surface area (Å²) in [6, 6.07) is 6.31. The second-order valence-electron chi connectivity index (χ2n) is 5.07. The van der Waals surface area contributed by atoms with Gasteiger partial charge in [-0.3, -0.25) is 0 Å². The molecule has 0 radical (unpaired) electrons. The summed E-state index contributed by atoms with van der Waals surface area (Å²) in [6.45, 7) is 0. The molecule has 7 nitrogen and oxygen atoms in total. The minimum absolute atomic E-state index is 0.141. The van der Waals surface area contributed by atoms with E-state index in [1.807, 2.05) is 0 Å². The molecule has 1 aliphatic heterocycles. The standard InChI is InChI=1S/C15H14O7/c16-8-3-1-6(5-10(8)18)14-13(21)11(19)7-2-4-9(17)12(20)15(7)22-14/h1-5,11,13-14,16-21H. The first-order valence-corrected chi connectivity index (χ1v) is 6.49. The molecule has 0 aromatic heterocycles. The van der Waals surface area contributed by atoms with Crippen molar-refractivity contribution in [3.8, 4) is 28.7 Å². The third kappa shape index (κ3) is 2.07. The Balaban J connectivity index is 2.07. The average molecular weight is 306 g/mol. The highest BCUT2D eigenvalue weighted by atomic mass is 16.5. The summed E-state index contributed by atoms with van der Waals surface area (Å²) >= 11 is 0. The molecule has 6 N–H and O–H groups in total. The average Bonchev–Trinajstić information content (AvgIpc) is 2.49. The van der Waals surface area contributed by atoms with Crippen molar-refractivity contribution < 1.29 is 35.4 Å². The van der Waals surface area contributed by atoms with Crippen molar-refractivity contribution in [2.24, 2.45) is 0 Å². The molecule has 0 fully saturated rings. The lowest BCUT2D eigenvalue weighted by Crippen LogP contribution is -2.34. The maximum absolute atomic E-state index is 10.2. The van der Waals surface area contributed by atoms with E-state index < -0.39 is 35.6 Å². The van der Waals surface area contributed by atoms with E-state index >= 15 is 0 Å². The predicted octanol–water partition coefficient (Wildman–Crippen LogP) is 1.04. The van der Waals surface area contributed by atoms with Gasteiger partial charge in [-0.2, -0.15) is 0 Å². The maximum atomic E-state index is 10.2. The van der Waals surface area contributed by atoms with Gasteiger partial charge in [-0.15, -0.1) is 0 Å². The van der Waals surface area contributed by atoms with Gasteiger partial charge in [0.2, 0.25) is 5.75 Å². The van der Waals surface area contributed by atoms with Gasteiger partial charge in [0.25, 0.3) is 0 Å². The highest BCUT2D eigenvalue weighted by Crippen LogP contribution is 2.49. The molecule has 116 valence electrons. The number of hydrogen-bond donors (Lipinski definition) is 6. The zero-order chi connectivity index (χ0) is 16.0. The molecule has 2 aromatic carbocycles. The zero-order valence-corrected chi connectivity index (χ0v) is 11.2. The van der Waals surface area contributed by atoms with Crippen LogP contribution in [0.5, 0.6) is 28.7 Å². The number of phenols is 4. The summed E-state index contributed by atoms with van der Waals surface area (Å²) in [5.74, 6) is -1.86. The maximum Gasteiger partial charge on any atom is 0.200 e. The van der Waals surface area contributed by atoms with Crippen molar-refractivity contribution in [2.45, 2.75) is 18.3 Å². The van der Waals surface area contributed by atoms with Crippen LogP contribution < -0.4 is 4.74 Å². The third-order valence-corrected chi connectivity index (χ3v) is 3.67. The largest absolute Gasteiger partial charge is 0.504 e. The number of ether oxygens (including phenoxy) is 1. The van der Waals surface area contributed by atoms with Crippen LogP contribution in [-0.2, 0) is 0 Å². The van der Waals surface area contributed by atoms with Crippen molar-refractivity contribution >= 4 is 0 Å². The summed E-state index contributed by atoms with van der Waals surface area (Å²) in [5, 5.41) is 58.6. The number of aliphatic hydroxyl groups excluding tert-OH is 2. The second kappa shape index (κ2) is 4.97. The number of benzene rings is 2. The van der Waals surface area contributed by atoms with E-state index in [9.17, 15) is 30.6 Å². The van der Waals surface area contributed by atoms with Gasteiger partial charge in [0, 0.05) is 5.56 Å². The van der Waals surface area contributed by atoms with Crippen molar-refractivity contribution in [1.29, 1.82) is 0 Å². The third-order valence-electron chi connectivity index (χ3n) is 3.67. The van der Waals surface area contributed by atoms with E-state index in [2.05, 4.69) is 0 Å². The smallest absolute Gasteiger partial charge is 0.200 e. The molecule has 22 heavy (non-hydrogen) atoms. The molecule has 3 atom stereocenters. The topological polar surface area (TPSA) is 131 Å². The lowest BCUT2D eigenvalue weighted by Gasteiger charge is -2.34. The van der Waals surface area contributed by atoms with Crippen molar-refractivity contribution in [1.82, 2.24) is 0 Å². The molecule has 0 saturated carbocycles. The first-order valence-electron chi connectivity index (χ1n) is 6.49. The van der Waals surface area contributed by atoms with Crippen LogP contribution in [0.15, 0.2) is 30.3 Å². The van der Waals surface area contributed by atoms with Gasteiger partial charge in [-0.1, -0.05) is 6.07 Å². The molecule has 2 aromatic rings. The molecule has 0 bridgehead atoms. The normalized spacial score (nSPS) is 23.6. The quantitative estimate of drug-likeness (QED) is 0.434. The zero-order valence-electron chi connectivity index (χ0n) is 11.2. The first kappa shape index (κ1) is 14.3. The highest BCUT2D eigenvalue weighted by molar-refractivity contribution is 5.56. The lowest BCUT2D eigenvalue weighted by molar-refractivity contribution is -0.0710. The Kier molecular flexibility index (Phi) is 3.23. The SMILES string of the molecule is Oc1ccc(C2Oc3c(ccc(O)c3O)C(O)C2O)cc1O. The van der Waals surface area contributed by atoms with Crippen LogP contribution in [0.25, 0.3) is 0 Å². The Labute approximate surface area is 124 Å². The lowest BCUT2D eigenvalue weighted by atomic mass is 9.91. The van der Waals surface area contributed by atoms with Gasteiger partial charge in [-0.05, 0) is 29.8 Å². The number of fused-ring (bicyclic) bond motifs is 1. The summed E-state index contributed by atoms with van der Waals surface area (Å²) in [6.07, 6.45) is -3.81. The Morgan fingerprint density at radius 1 is 0.818 bits per heavy atom. The molecule has 0 amide bonds. The molecule has 3 rings (SSSR count). The second-order valence-corrected chi connectivity index (χ2v) is 5.07. The summed E-state index contributed by atoms with van der Waals surface area (Å²) in [7, 11) is 0. The fourth-order valence-electron chi connectivity index (χ4n) is 2.46.